The third-order valence-electron chi connectivity index (χ3n) is 5.23. The molecule has 0 unspecified atom stereocenters. The van der Waals surface area contributed by atoms with Crippen LogP contribution in [0.4, 0.5) is 4.79 Å². The van der Waals surface area contributed by atoms with Crippen molar-refractivity contribution in [3.05, 3.63) is 60.2 Å². The predicted octanol–water partition coefficient (Wildman–Crippen LogP) is 4.23. The summed E-state index contributed by atoms with van der Waals surface area (Å²) in [6.07, 6.45) is 4.55. The molecule has 3 amide bonds. The summed E-state index contributed by atoms with van der Waals surface area (Å²) in [7, 11) is 0. The van der Waals surface area contributed by atoms with Crippen molar-refractivity contribution in [2.75, 3.05) is 0 Å². The molecule has 4 rings (SSSR count). The van der Waals surface area contributed by atoms with Crippen LogP contribution in [0.3, 0.4) is 0 Å². The Morgan fingerprint density at radius 3 is 2.38 bits per heavy atom. The van der Waals surface area contributed by atoms with Gasteiger partial charge in [0.1, 0.15) is 17.0 Å². The quantitative estimate of drug-likeness (QED) is 0.839. The maximum atomic E-state index is 13.0. The van der Waals surface area contributed by atoms with Gasteiger partial charge in [-0.3, -0.25) is 9.69 Å². The highest BCUT2D eigenvalue weighted by Gasteiger charge is 2.51. The van der Waals surface area contributed by atoms with E-state index in [9.17, 15) is 9.59 Å². The fraction of sp³-hybridized carbons (Fsp3) is 0.333. The van der Waals surface area contributed by atoms with Crippen LogP contribution in [0.1, 0.15) is 37.7 Å². The fourth-order valence-electron chi connectivity index (χ4n) is 3.83. The molecule has 1 spiro atoms. The fourth-order valence-corrected chi connectivity index (χ4v) is 3.83. The highest BCUT2D eigenvalue weighted by molar-refractivity contribution is 6.07. The maximum Gasteiger partial charge on any atom is 0.325 e. The van der Waals surface area contributed by atoms with Gasteiger partial charge in [-0.1, -0.05) is 55.7 Å². The molecule has 1 saturated heterocycles. The summed E-state index contributed by atoms with van der Waals surface area (Å²) in [5.74, 6) is 1.28. The Balaban J connectivity index is 1.56. The predicted molar refractivity (Wildman–Crippen MR) is 97.9 cm³/mol. The van der Waals surface area contributed by atoms with Gasteiger partial charge in [-0.15, -0.1) is 0 Å². The van der Waals surface area contributed by atoms with Crippen molar-refractivity contribution in [1.29, 1.82) is 0 Å². The van der Waals surface area contributed by atoms with E-state index in [0.717, 1.165) is 43.4 Å². The van der Waals surface area contributed by atoms with Gasteiger partial charge in [0, 0.05) is 5.56 Å². The first-order valence-electron chi connectivity index (χ1n) is 9.13. The van der Waals surface area contributed by atoms with Crippen molar-refractivity contribution in [3.63, 3.8) is 0 Å². The molecule has 0 bridgehead atoms. The van der Waals surface area contributed by atoms with E-state index in [4.69, 9.17) is 4.74 Å². The van der Waals surface area contributed by atoms with Crippen molar-refractivity contribution in [2.45, 2.75) is 44.2 Å². The zero-order valence-corrected chi connectivity index (χ0v) is 14.6. The number of urea groups is 1. The van der Waals surface area contributed by atoms with E-state index in [-0.39, 0.29) is 18.5 Å². The Labute approximate surface area is 153 Å². The molecule has 1 heterocycles. The Hall–Kier alpha value is -2.82. The highest BCUT2D eigenvalue weighted by atomic mass is 16.5. The van der Waals surface area contributed by atoms with Gasteiger partial charge in [0.15, 0.2) is 0 Å². The number of amides is 3. The van der Waals surface area contributed by atoms with Gasteiger partial charge in [0.25, 0.3) is 5.91 Å². The van der Waals surface area contributed by atoms with Gasteiger partial charge in [-0.05, 0) is 31.0 Å². The second kappa shape index (κ2) is 6.83. The molecule has 5 heteroatoms. The molecular formula is C21H22N2O3. The molecule has 1 N–H and O–H groups in total. The highest BCUT2D eigenvalue weighted by Crippen LogP contribution is 2.35. The molecule has 1 saturated carbocycles. The molecule has 26 heavy (non-hydrogen) atoms. The summed E-state index contributed by atoms with van der Waals surface area (Å²) >= 11 is 0. The van der Waals surface area contributed by atoms with Crippen molar-refractivity contribution < 1.29 is 14.3 Å². The molecule has 2 aliphatic rings. The number of para-hydroxylation sites is 2. The van der Waals surface area contributed by atoms with Crippen LogP contribution >= 0.6 is 0 Å². The summed E-state index contributed by atoms with van der Waals surface area (Å²) in [6.45, 7) is 0.218. The molecule has 2 aromatic rings. The van der Waals surface area contributed by atoms with Gasteiger partial charge in [-0.25, -0.2) is 4.79 Å². The van der Waals surface area contributed by atoms with Crippen LogP contribution in [0.15, 0.2) is 54.6 Å². The third-order valence-corrected chi connectivity index (χ3v) is 5.23. The first-order valence-corrected chi connectivity index (χ1v) is 9.13. The van der Waals surface area contributed by atoms with Crippen LogP contribution in [0, 0.1) is 0 Å². The number of hydrogen-bond donors (Lipinski definition) is 1. The van der Waals surface area contributed by atoms with E-state index < -0.39 is 5.54 Å². The molecule has 5 nitrogen and oxygen atoms in total. The summed E-state index contributed by atoms with van der Waals surface area (Å²) in [6, 6.07) is 16.7. The van der Waals surface area contributed by atoms with Gasteiger partial charge in [0.05, 0.1) is 6.54 Å². The minimum absolute atomic E-state index is 0.100. The Kier molecular flexibility index (Phi) is 4.37. The smallest absolute Gasteiger partial charge is 0.325 e. The molecule has 0 radical (unpaired) electrons. The number of rotatable bonds is 4. The largest absolute Gasteiger partial charge is 0.457 e. The molecule has 1 aliphatic carbocycles. The van der Waals surface area contributed by atoms with Crippen molar-refractivity contribution in [2.24, 2.45) is 0 Å². The minimum atomic E-state index is -0.690. The number of nitrogens with one attached hydrogen (secondary N) is 1. The lowest BCUT2D eigenvalue weighted by Gasteiger charge is -2.30. The molecule has 0 aromatic heterocycles. The molecule has 134 valence electrons. The maximum absolute atomic E-state index is 13.0. The van der Waals surface area contributed by atoms with Crippen LogP contribution in [0.2, 0.25) is 0 Å². The van der Waals surface area contributed by atoms with E-state index in [1.807, 2.05) is 54.6 Å². The van der Waals surface area contributed by atoms with E-state index in [1.165, 1.54) is 4.90 Å². The van der Waals surface area contributed by atoms with Crippen molar-refractivity contribution in [1.82, 2.24) is 10.2 Å². The Morgan fingerprint density at radius 2 is 1.62 bits per heavy atom. The standard InChI is InChI=1S/C21H22N2O3/c24-19-21(13-7-2-8-14-21)22-20(25)23(19)15-16-9-5-6-12-18(16)26-17-10-3-1-4-11-17/h1,3-6,9-12H,2,7-8,13-15H2,(H,22,25). The molecule has 2 aromatic carbocycles. The Morgan fingerprint density at radius 1 is 0.923 bits per heavy atom. The summed E-state index contributed by atoms with van der Waals surface area (Å²) in [5, 5.41) is 2.96. The number of nitrogens with zero attached hydrogens (tertiary/aromatic N) is 1. The zero-order valence-electron chi connectivity index (χ0n) is 14.6. The van der Waals surface area contributed by atoms with E-state index >= 15 is 0 Å². The van der Waals surface area contributed by atoms with E-state index in [1.54, 1.807) is 0 Å². The minimum Gasteiger partial charge on any atom is -0.457 e. The van der Waals surface area contributed by atoms with Crippen LogP contribution in [0.25, 0.3) is 0 Å². The lowest BCUT2D eigenvalue weighted by Crippen LogP contribution is -2.48. The molecule has 1 aliphatic heterocycles. The van der Waals surface area contributed by atoms with Crippen LogP contribution < -0.4 is 10.1 Å². The Bertz CT molecular complexity index is 813. The SMILES string of the molecule is O=C1NC2(CCCCC2)C(=O)N1Cc1ccccc1Oc1ccccc1. The first-order chi connectivity index (χ1) is 12.7. The molecular weight excluding hydrogens is 328 g/mol. The third kappa shape index (κ3) is 3.05. The van der Waals surface area contributed by atoms with E-state index in [0.29, 0.717) is 5.75 Å². The van der Waals surface area contributed by atoms with Gasteiger partial charge in [-0.2, -0.15) is 0 Å². The number of carbonyl (C=O) groups is 2. The van der Waals surface area contributed by atoms with Crippen molar-refractivity contribution in [3.8, 4) is 11.5 Å². The topological polar surface area (TPSA) is 58.6 Å². The zero-order chi connectivity index (χ0) is 18.0. The van der Waals surface area contributed by atoms with Gasteiger partial charge < -0.3 is 10.1 Å². The van der Waals surface area contributed by atoms with Gasteiger partial charge in [0.2, 0.25) is 0 Å². The first kappa shape index (κ1) is 16.6. The molecule has 2 fully saturated rings. The van der Waals surface area contributed by atoms with Crippen molar-refractivity contribution >= 4 is 11.9 Å². The lowest BCUT2D eigenvalue weighted by atomic mass is 9.82. The second-order valence-corrected chi connectivity index (χ2v) is 6.99. The summed E-state index contributed by atoms with van der Waals surface area (Å²) in [4.78, 5) is 26.8. The average Bonchev–Trinajstić information content (AvgIpc) is 2.89. The van der Waals surface area contributed by atoms with E-state index in [2.05, 4.69) is 5.32 Å². The monoisotopic (exact) mass is 350 g/mol. The normalized spacial score (nSPS) is 18.8. The number of hydrogen-bond acceptors (Lipinski definition) is 3. The number of benzene rings is 2. The summed E-state index contributed by atoms with van der Waals surface area (Å²) < 4.78 is 5.96. The number of imide groups is 1. The number of ether oxygens (including phenoxy) is 1. The summed E-state index contributed by atoms with van der Waals surface area (Å²) in [5.41, 5.74) is 0.123. The van der Waals surface area contributed by atoms with Crippen LogP contribution in [-0.2, 0) is 11.3 Å². The van der Waals surface area contributed by atoms with Crippen LogP contribution in [-0.4, -0.2) is 22.4 Å². The van der Waals surface area contributed by atoms with Crippen LogP contribution in [0.5, 0.6) is 11.5 Å². The second-order valence-electron chi connectivity index (χ2n) is 6.99. The average molecular weight is 350 g/mol. The van der Waals surface area contributed by atoms with Gasteiger partial charge >= 0.3 is 6.03 Å². The molecule has 0 atom stereocenters. The lowest BCUT2D eigenvalue weighted by molar-refractivity contribution is -0.132. The number of carbonyl (C=O) groups excluding carboxylic acids is 2.